The second-order valence-corrected chi connectivity index (χ2v) is 6.40. The Bertz CT molecular complexity index is 483. The predicted molar refractivity (Wildman–Crippen MR) is 69.3 cm³/mol. The third-order valence-corrected chi connectivity index (χ3v) is 4.43. The molecule has 104 valence electrons. The van der Waals surface area contributed by atoms with Gasteiger partial charge in [-0.1, -0.05) is 18.0 Å². The predicted octanol–water partition coefficient (Wildman–Crippen LogP) is 2.34. The summed E-state index contributed by atoms with van der Waals surface area (Å²) in [4.78, 5) is 15.7. The summed E-state index contributed by atoms with van der Waals surface area (Å²) >= 11 is 0. The third kappa shape index (κ3) is 2.26. The number of aromatic nitrogens is 2. The van der Waals surface area contributed by atoms with E-state index in [0.717, 1.165) is 17.7 Å². The molecule has 1 aromatic heterocycles. The molecule has 1 aromatic rings. The van der Waals surface area contributed by atoms with Crippen molar-refractivity contribution in [1.82, 2.24) is 15.5 Å². The number of carbonyl (C=O) groups excluding carboxylic acids is 1. The van der Waals surface area contributed by atoms with E-state index in [4.69, 9.17) is 4.52 Å². The number of hydrogen-bond donors (Lipinski definition) is 1. The molecule has 2 aliphatic carbocycles. The van der Waals surface area contributed by atoms with Gasteiger partial charge in [0.2, 0.25) is 11.8 Å². The van der Waals surface area contributed by atoms with Crippen LogP contribution in [0.3, 0.4) is 0 Å². The van der Waals surface area contributed by atoms with Crippen LogP contribution >= 0.6 is 0 Å². The first-order valence-corrected chi connectivity index (χ1v) is 7.12. The van der Waals surface area contributed by atoms with E-state index in [1.165, 1.54) is 32.6 Å². The first kappa shape index (κ1) is 12.6. The first-order valence-electron chi connectivity index (χ1n) is 7.12. The highest BCUT2D eigenvalue weighted by Gasteiger charge is 2.54. The summed E-state index contributed by atoms with van der Waals surface area (Å²) in [5.74, 6) is 3.23. The molecule has 3 rings (SSSR count). The van der Waals surface area contributed by atoms with E-state index in [1.807, 2.05) is 13.8 Å². The van der Waals surface area contributed by atoms with Crippen molar-refractivity contribution in [3.05, 3.63) is 11.7 Å². The molecule has 1 N–H and O–H groups in total. The second-order valence-electron chi connectivity index (χ2n) is 6.40. The van der Waals surface area contributed by atoms with Gasteiger partial charge >= 0.3 is 0 Å². The van der Waals surface area contributed by atoms with Gasteiger partial charge in [-0.25, -0.2) is 0 Å². The minimum Gasteiger partial charge on any atom is -0.344 e. The number of carbonyl (C=O) groups is 1. The smallest absolute Gasteiger partial charge is 0.230 e. The third-order valence-electron chi connectivity index (χ3n) is 4.43. The van der Waals surface area contributed by atoms with E-state index < -0.39 is 5.54 Å². The molecule has 0 radical (unpaired) electrons. The van der Waals surface area contributed by atoms with Gasteiger partial charge in [0.1, 0.15) is 0 Å². The molecule has 0 bridgehead atoms. The van der Waals surface area contributed by atoms with E-state index in [9.17, 15) is 4.79 Å². The summed E-state index contributed by atoms with van der Waals surface area (Å²) in [5.41, 5.74) is -0.576. The topological polar surface area (TPSA) is 68.0 Å². The van der Waals surface area contributed by atoms with Crippen molar-refractivity contribution >= 4 is 5.91 Å². The van der Waals surface area contributed by atoms with Crippen LogP contribution in [0.15, 0.2) is 4.52 Å². The molecule has 1 unspecified atom stereocenters. The van der Waals surface area contributed by atoms with E-state index in [-0.39, 0.29) is 5.91 Å². The summed E-state index contributed by atoms with van der Waals surface area (Å²) in [6, 6.07) is 0. The Morgan fingerprint density at radius 2 is 1.95 bits per heavy atom. The lowest BCUT2D eigenvalue weighted by Gasteiger charge is -2.20. The molecule has 3 atom stereocenters. The highest BCUT2D eigenvalue weighted by atomic mass is 16.5. The molecule has 19 heavy (non-hydrogen) atoms. The Balaban J connectivity index is 1.75. The highest BCUT2D eigenvalue weighted by Crippen LogP contribution is 2.60. The fourth-order valence-electron chi connectivity index (χ4n) is 3.48. The second kappa shape index (κ2) is 4.32. The van der Waals surface area contributed by atoms with Crippen molar-refractivity contribution in [2.75, 3.05) is 0 Å². The Labute approximate surface area is 113 Å². The maximum absolute atomic E-state index is 11.2. The average Bonchev–Trinajstić information content (AvgIpc) is 2.83. The van der Waals surface area contributed by atoms with Crippen LogP contribution in [0.2, 0.25) is 0 Å². The van der Waals surface area contributed by atoms with Crippen LogP contribution in [-0.2, 0) is 10.3 Å². The molecule has 0 aromatic carbocycles. The summed E-state index contributed by atoms with van der Waals surface area (Å²) in [6.07, 6.45) is 5.25. The molecule has 2 fully saturated rings. The molecule has 1 amide bonds. The van der Waals surface area contributed by atoms with Crippen LogP contribution in [-0.4, -0.2) is 16.0 Å². The van der Waals surface area contributed by atoms with Gasteiger partial charge in [-0.05, 0) is 38.5 Å². The van der Waals surface area contributed by atoms with Crippen LogP contribution in [0.4, 0.5) is 0 Å². The van der Waals surface area contributed by atoms with Crippen molar-refractivity contribution in [2.24, 2.45) is 11.8 Å². The quantitative estimate of drug-likeness (QED) is 0.909. The van der Waals surface area contributed by atoms with Crippen molar-refractivity contribution < 1.29 is 9.32 Å². The van der Waals surface area contributed by atoms with Gasteiger partial charge < -0.3 is 9.84 Å². The summed E-state index contributed by atoms with van der Waals surface area (Å²) in [5, 5.41) is 6.91. The maximum Gasteiger partial charge on any atom is 0.230 e. The Kier molecular flexibility index (Phi) is 2.87. The standard InChI is InChI=1S/C14H21N3O2/c1-8(18)16-14(2,3)13-15-12(19-17-13)11-9-6-4-5-7-10(9)11/h9-11H,4-7H2,1-3H3,(H,16,18)/t9-,10+,11?. The average molecular weight is 263 g/mol. The molecule has 0 aliphatic heterocycles. The van der Waals surface area contributed by atoms with Crippen molar-refractivity contribution in [3.63, 3.8) is 0 Å². The normalized spacial score (nSPS) is 29.7. The molecule has 0 spiro atoms. The summed E-state index contributed by atoms with van der Waals surface area (Å²) < 4.78 is 5.44. The fraction of sp³-hybridized carbons (Fsp3) is 0.786. The largest absolute Gasteiger partial charge is 0.344 e. The minimum atomic E-state index is -0.576. The number of nitrogens with one attached hydrogen (secondary N) is 1. The van der Waals surface area contributed by atoms with Crippen LogP contribution in [0, 0.1) is 11.8 Å². The molecule has 2 saturated carbocycles. The number of amides is 1. The lowest BCUT2D eigenvalue weighted by molar-refractivity contribution is -0.120. The summed E-state index contributed by atoms with van der Waals surface area (Å²) in [7, 11) is 0. The molecular weight excluding hydrogens is 242 g/mol. The Hall–Kier alpha value is -1.39. The van der Waals surface area contributed by atoms with Gasteiger partial charge in [0.05, 0.1) is 5.54 Å². The monoisotopic (exact) mass is 263 g/mol. The van der Waals surface area contributed by atoms with Crippen LogP contribution < -0.4 is 5.32 Å². The number of rotatable bonds is 3. The Morgan fingerprint density at radius 3 is 2.53 bits per heavy atom. The van der Waals surface area contributed by atoms with Crippen LogP contribution in [0.1, 0.15) is 64.1 Å². The van der Waals surface area contributed by atoms with Gasteiger partial charge in [0, 0.05) is 12.8 Å². The fourth-order valence-corrected chi connectivity index (χ4v) is 3.48. The van der Waals surface area contributed by atoms with Gasteiger partial charge in [-0.2, -0.15) is 4.98 Å². The molecule has 5 nitrogen and oxygen atoms in total. The maximum atomic E-state index is 11.2. The van der Waals surface area contributed by atoms with E-state index in [2.05, 4.69) is 15.5 Å². The lowest BCUT2D eigenvalue weighted by Crippen LogP contribution is -2.40. The van der Waals surface area contributed by atoms with Gasteiger partial charge in [-0.15, -0.1) is 0 Å². The molecule has 1 heterocycles. The zero-order chi connectivity index (χ0) is 13.6. The Morgan fingerprint density at radius 1 is 1.32 bits per heavy atom. The number of hydrogen-bond acceptors (Lipinski definition) is 4. The lowest BCUT2D eigenvalue weighted by atomic mass is 10.0. The number of fused-ring (bicyclic) bond motifs is 1. The first-order chi connectivity index (χ1) is 8.99. The highest BCUT2D eigenvalue weighted by molar-refractivity contribution is 5.73. The minimum absolute atomic E-state index is 0.0866. The van der Waals surface area contributed by atoms with E-state index in [1.54, 1.807) is 0 Å². The molecule has 2 aliphatic rings. The van der Waals surface area contributed by atoms with E-state index >= 15 is 0 Å². The van der Waals surface area contributed by atoms with Crippen LogP contribution in [0.25, 0.3) is 0 Å². The molecule has 5 heteroatoms. The van der Waals surface area contributed by atoms with Crippen molar-refractivity contribution in [1.29, 1.82) is 0 Å². The summed E-state index contributed by atoms with van der Waals surface area (Å²) in [6.45, 7) is 5.28. The van der Waals surface area contributed by atoms with Gasteiger partial charge in [-0.3, -0.25) is 4.79 Å². The molecular formula is C14H21N3O2. The SMILES string of the molecule is CC(=O)NC(C)(C)c1noc(C2[C@H]3CCCC[C@@H]23)n1. The van der Waals surface area contributed by atoms with Crippen molar-refractivity contribution in [2.45, 2.75) is 57.9 Å². The van der Waals surface area contributed by atoms with E-state index in [0.29, 0.717) is 11.7 Å². The zero-order valence-corrected chi connectivity index (χ0v) is 11.8. The molecule has 0 saturated heterocycles. The zero-order valence-electron chi connectivity index (χ0n) is 11.8. The van der Waals surface area contributed by atoms with Gasteiger partial charge in [0.25, 0.3) is 0 Å². The van der Waals surface area contributed by atoms with Gasteiger partial charge in [0.15, 0.2) is 5.82 Å². The van der Waals surface area contributed by atoms with Crippen LogP contribution in [0.5, 0.6) is 0 Å². The van der Waals surface area contributed by atoms with Crippen molar-refractivity contribution in [3.8, 4) is 0 Å². The number of nitrogens with zero attached hydrogens (tertiary/aromatic N) is 2.